The molecule has 1 aliphatic rings. The van der Waals surface area contributed by atoms with Gasteiger partial charge in [0.2, 0.25) is 0 Å². The molecule has 0 bridgehead atoms. The number of rotatable bonds is 4. The van der Waals surface area contributed by atoms with E-state index < -0.39 is 0 Å². The molecule has 3 unspecified atom stereocenters. The second kappa shape index (κ2) is 6.59. The molecule has 0 radical (unpaired) electrons. The Labute approximate surface area is 127 Å². The average molecular weight is 282 g/mol. The van der Waals surface area contributed by atoms with Crippen molar-refractivity contribution in [3.63, 3.8) is 0 Å². The van der Waals surface area contributed by atoms with Gasteiger partial charge in [-0.3, -0.25) is 11.3 Å². The summed E-state index contributed by atoms with van der Waals surface area (Å²) in [5, 5.41) is 2.60. The molecule has 0 aromatic heterocycles. The van der Waals surface area contributed by atoms with Crippen molar-refractivity contribution in [2.45, 2.75) is 45.1 Å². The summed E-state index contributed by atoms with van der Waals surface area (Å²) in [7, 11) is 0. The molecule has 0 amide bonds. The van der Waals surface area contributed by atoms with E-state index in [1.807, 2.05) is 0 Å². The number of hydrogen-bond acceptors (Lipinski definition) is 2. The maximum absolute atomic E-state index is 5.95. The summed E-state index contributed by atoms with van der Waals surface area (Å²) in [6, 6.07) is 15.6. The molecule has 0 heterocycles. The van der Waals surface area contributed by atoms with E-state index >= 15 is 0 Å². The molecule has 2 aromatic rings. The number of hydrazine groups is 1. The molecule has 3 N–H and O–H groups in total. The van der Waals surface area contributed by atoms with Gasteiger partial charge >= 0.3 is 0 Å². The average Bonchev–Trinajstić information content (AvgIpc) is 2.56. The van der Waals surface area contributed by atoms with Gasteiger partial charge in [0.25, 0.3) is 0 Å². The highest BCUT2D eigenvalue weighted by Crippen LogP contribution is 2.40. The van der Waals surface area contributed by atoms with Crippen LogP contribution in [0, 0.1) is 11.8 Å². The van der Waals surface area contributed by atoms with Crippen molar-refractivity contribution in [1.29, 1.82) is 0 Å². The SMILES string of the molecule is CCC1CCCCC1C(NN)c1ccc2ccccc2c1. The maximum Gasteiger partial charge on any atom is 0.0491 e. The highest BCUT2D eigenvalue weighted by Gasteiger charge is 2.31. The monoisotopic (exact) mass is 282 g/mol. The Bertz CT molecular complexity index is 593. The van der Waals surface area contributed by atoms with Crippen LogP contribution in [0.4, 0.5) is 0 Å². The van der Waals surface area contributed by atoms with Gasteiger partial charge in [-0.2, -0.15) is 0 Å². The molecule has 3 rings (SSSR count). The van der Waals surface area contributed by atoms with E-state index in [2.05, 4.69) is 54.8 Å². The minimum atomic E-state index is 0.278. The molecular weight excluding hydrogens is 256 g/mol. The lowest BCUT2D eigenvalue weighted by Gasteiger charge is -2.37. The number of benzene rings is 2. The largest absolute Gasteiger partial charge is 0.271 e. The van der Waals surface area contributed by atoms with E-state index in [4.69, 9.17) is 5.84 Å². The van der Waals surface area contributed by atoms with Crippen molar-refractivity contribution >= 4 is 10.8 Å². The molecule has 1 aliphatic carbocycles. The zero-order valence-electron chi connectivity index (χ0n) is 12.9. The van der Waals surface area contributed by atoms with Crippen LogP contribution in [0.1, 0.15) is 50.6 Å². The lowest BCUT2D eigenvalue weighted by molar-refractivity contribution is 0.176. The van der Waals surface area contributed by atoms with Crippen LogP contribution in [-0.4, -0.2) is 0 Å². The lowest BCUT2D eigenvalue weighted by atomic mass is 9.72. The van der Waals surface area contributed by atoms with Gasteiger partial charge in [-0.15, -0.1) is 0 Å². The van der Waals surface area contributed by atoms with Crippen LogP contribution in [0.25, 0.3) is 10.8 Å². The standard InChI is InChI=1S/C19H26N2/c1-2-14-7-5-6-10-18(14)19(21-20)17-12-11-15-8-3-4-9-16(15)13-17/h3-4,8-9,11-14,18-19,21H,2,5-7,10,20H2,1H3. The molecule has 2 aromatic carbocycles. The first kappa shape index (κ1) is 14.6. The fraction of sp³-hybridized carbons (Fsp3) is 0.474. The molecule has 1 fully saturated rings. The van der Waals surface area contributed by atoms with E-state index in [0.717, 1.165) is 5.92 Å². The summed E-state index contributed by atoms with van der Waals surface area (Å²) in [5.41, 5.74) is 4.45. The minimum absolute atomic E-state index is 0.278. The minimum Gasteiger partial charge on any atom is -0.271 e. The smallest absolute Gasteiger partial charge is 0.0491 e. The zero-order chi connectivity index (χ0) is 14.7. The Morgan fingerprint density at radius 1 is 1.10 bits per heavy atom. The van der Waals surface area contributed by atoms with Crippen LogP contribution in [0.2, 0.25) is 0 Å². The summed E-state index contributed by atoms with van der Waals surface area (Å²) in [5.74, 6) is 7.41. The summed E-state index contributed by atoms with van der Waals surface area (Å²) in [6.45, 7) is 2.32. The van der Waals surface area contributed by atoms with Crippen LogP contribution < -0.4 is 11.3 Å². The van der Waals surface area contributed by atoms with Gasteiger partial charge in [0.1, 0.15) is 0 Å². The van der Waals surface area contributed by atoms with Gasteiger partial charge < -0.3 is 0 Å². The predicted octanol–water partition coefficient (Wildman–Crippen LogP) is 4.56. The molecular formula is C19H26N2. The maximum atomic E-state index is 5.95. The van der Waals surface area contributed by atoms with Crippen LogP contribution in [-0.2, 0) is 0 Å². The topological polar surface area (TPSA) is 38.0 Å². The van der Waals surface area contributed by atoms with Gasteiger partial charge in [0.05, 0.1) is 0 Å². The molecule has 0 spiro atoms. The summed E-state index contributed by atoms with van der Waals surface area (Å²) in [6.07, 6.45) is 6.63. The van der Waals surface area contributed by atoms with E-state index in [1.54, 1.807) is 0 Å². The number of hydrogen-bond donors (Lipinski definition) is 2. The third-order valence-electron chi connectivity index (χ3n) is 5.23. The normalized spacial score (nSPS) is 24.1. The highest BCUT2D eigenvalue weighted by atomic mass is 15.2. The Balaban J connectivity index is 1.93. The first-order valence-electron chi connectivity index (χ1n) is 8.28. The number of nitrogens with one attached hydrogen (secondary N) is 1. The molecule has 112 valence electrons. The van der Waals surface area contributed by atoms with Crippen molar-refractivity contribution in [3.8, 4) is 0 Å². The van der Waals surface area contributed by atoms with Crippen molar-refractivity contribution in [3.05, 3.63) is 48.0 Å². The second-order valence-electron chi connectivity index (χ2n) is 6.37. The van der Waals surface area contributed by atoms with Crippen molar-refractivity contribution in [2.24, 2.45) is 17.7 Å². The molecule has 3 atom stereocenters. The van der Waals surface area contributed by atoms with E-state index in [9.17, 15) is 0 Å². The predicted molar refractivity (Wildman–Crippen MR) is 89.8 cm³/mol. The molecule has 2 heteroatoms. The second-order valence-corrected chi connectivity index (χ2v) is 6.37. The first-order valence-corrected chi connectivity index (χ1v) is 8.28. The Morgan fingerprint density at radius 2 is 1.86 bits per heavy atom. The summed E-state index contributed by atoms with van der Waals surface area (Å²) < 4.78 is 0. The zero-order valence-corrected chi connectivity index (χ0v) is 12.9. The third kappa shape index (κ3) is 2.97. The highest BCUT2D eigenvalue weighted by molar-refractivity contribution is 5.83. The third-order valence-corrected chi connectivity index (χ3v) is 5.23. The van der Waals surface area contributed by atoms with Gasteiger partial charge in [0, 0.05) is 6.04 Å². The van der Waals surface area contributed by atoms with Crippen LogP contribution >= 0.6 is 0 Å². The Morgan fingerprint density at radius 3 is 2.62 bits per heavy atom. The van der Waals surface area contributed by atoms with E-state index in [0.29, 0.717) is 5.92 Å². The number of nitrogens with two attached hydrogens (primary N) is 1. The fourth-order valence-electron chi connectivity index (χ4n) is 4.05. The van der Waals surface area contributed by atoms with Crippen molar-refractivity contribution in [1.82, 2.24) is 5.43 Å². The first-order chi connectivity index (χ1) is 10.3. The van der Waals surface area contributed by atoms with Crippen LogP contribution in [0.5, 0.6) is 0 Å². The van der Waals surface area contributed by atoms with Gasteiger partial charge in [-0.1, -0.05) is 69.0 Å². The summed E-state index contributed by atoms with van der Waals surface area (Å²) >= 11 is 0. The molecule has 2 nitrogen and oxygen atoms in total. The Hall–Kier alpha value is -1.38. The Kier molecular flexibility index (Phi) is 4.57. The van der Waals surface area contributed by atoms with E-state index in [-0.39, 0.29) is 6.04 Å². The van der Waals surface area contributed by atoms with E-state index in [1.165, 1.54) is 48.4 Å². The van der Waals surface area contributed by atoms with Gasteiger partial charge in [0.15, 0.2) is 0 Å². The van der Waals surface area contributed by atoms with Crippen molar-refractivity contribution < 1.29 is 0 Å². The van der Waals surface area contributed by atoms with Gasteiger partial charge in [-0.25, -0.2) is 0 Å². The fourth-order valence-corrected chi connectivity index (χ4v) is 4.05. The van der Waals surface area contributed by atoms with Crippen molar-refractivity contribution in [2.75, 3.05) is 0 Å². The summed E-state index contributed by atoms with van der Waals surface area (Å²) in [4.78, 5) is 0. The van der Waals surface area contributed by atoms with Crippen LogP contribution in [0.15, 0.2) is 42.5 Å². The lowest BCUT2D eigenvalue weighted by Crippen LogP contribution is -2.38. The van der Waals surface area contributed by atoms with Crippen LogP contribution in [0.3, 0.4) is 0 Å². The quantitative estimate of drug-likeness (QED) is 0.637. The molecule has 1 saturated carbocycles. The molecule has 21 heavy (non-hydrogen) atoms. The number of fused-ring (bicyclic) bond motifs is 1. The molecule has 0 saturated heterocycles. The van der Waals surface area contributed by atoms with Gasteiger partial charge in [-0.05, 0) is 40.7 Å². The molecule has 0 aliphatic heterocycles.